The van der Waals surface area contributed by atoms with E-state index in [0.717, 1.165) is 29.4 Å². The fraction of sp³-hybridized carbons (Fsp3) is 0.333. The van der Waals surface area contributed by atoms with Crippen LogP contribution in [0.1, 0.15) is 12.0 Å². The number of anilines is 1. The van der Waals surface area contributed by atoms with E-state index in [0.29, 0.717) is 5.75 Å². The van der Waals surface area contributed by atoms with Crippen LogP contribution >= 0.6 is 23.3 Å². The monoisotopic (exact) mass is 292 g/mol. The average molecular weight is 292 g/mol. The number of thioether (sulfide) groups is 1. The number of fused-ring (bicyclic) bond motifs is 1. The fourth-order valence-electron chi connectivity index (χ4n) is 2.18. The molecular formula is C12H12N4OS2. The van der Waals surface area contributed by atoms with E-state index in [1.165, 1.54) is 28.9 Å². The molecule has 3 rings (SSSR count). The number of hydrogen-bond donors (Lipinski definition) is 0. The van der Waals surface area contributed by atoms with Gasteiger partial charge in [-0.25, -0.2) is 0 Å². The molecule has 5 nitrogen and oxygen atoms in total. The standard InChI is InChI=1S/C12H12N4OS2/c17-11(8-18-12-13-14-15-19-12)16-7-3-5-9-4-1-2-6-10(9)16/h1-2,4,6H,3,5,7-8H2. The molecule has 0 radical (unpaired) electrons. The second-order valence-corrected chi connectivity index (χ2v) is 6.15. The van der Waals surface area contributed by atoms with Gasteiger partial charge in [0.15, 0.2) is 4.34 Å². The van der Waals surface area contributed by atoms with E-state index >= 15 is 0 Å². The van der Waals surface area contributed by atoms with E-state index in [9.17, 15) is 4.79 Å². The number of nitrogens with zero attached hydrogens (tertiary/aromatic N) is 4. The van der Waals surface area contributed by atoms with Crippen LogP contribution in [0.15, 0.2) is 28.6 Å². The van der Waals surface area contributed by atoms with Crippen LogP contribution in [0.2, 0.25) is 0 Å². The van der Waals surface area contributed by atoms with Crippen LogP contribution in [0.25, 0.3) is 0 Å². The van der Waals surface area contributed by atoms with Crippen molar-refractivity contribution >= 4 is 34.9 Å². The SMILES string of the molecule is O=C(CSc1nnns1)N1CCCc2ccccc21. The maximum Gasteiger partial charge on any atom is 0.237 e. The second kappa shape index (κ2) is 5.66. The number of benzene rings is 1. The van der Waals surface area contributed by atoms with Gasteiger partial charge in [-0.3, -0.25) is 4.79 Å². The normalized spacial score (nSPS) is 14.2. The molecule has 0 saturated heterocycles. The van der Waals surface area contributed by atoms with Crippen molar-refractivity contribution in [1.82, 2.24) is 14.8 Å². The Morgan fingerprint density at radius 2 is 2.32 bits per heavy atom. The van der Waals surface area contributed by atoms with E-state index in [4.69, 9.17) is 0 Å². The summed E-state index contributed by atoms with van der Waals surface area (Å²) in [6.45, 7) is 0.796. The van der Waals surface area contributed by atoms with Gasteiger partial charge in [-0.15, -0.1) is 5.10 Å². The molecule has 2 aromatic rings. The maximum absolute atomic E-state index is 12.3. The molecule has 0 bridgehead atoms. The molecule has 19 heavy (non-hydrogen) atoms. The van der Waals surface area contributed by atoms with E-state index in [2.05, 4.69) is 20.9 Å². The Bertz CT molecular complexity index is 573. The fourth-order valence-corrected chi connectivity index (χ4v) is 3.38. The van der Waals surface area contributed by atoms with E-state index in [1.54, 1.807) is 0 Å². The Morgan fingerprint density at radius 3 is 3.16 bits per heavy atom. The lowest BCUT2D eigenvalue weighted by Crippen LogP contribution is -2.36. The average Bonchev–Trinajstić information content (AvgIpc) is 2.97. The number of carbonyl (C=O) groups excluding carboxylic acids is 1. The minimum Gasteiger partial charge on any atom is -0.311 e. The third kappa shape index (κ3) is 2.76. The Morgan fingerprint density at radius 1 is 1.42 bits per heavy atom. The van der Waals surface area contributed by atoms with Crippen LogP contribution in [-0.2, 0) is 11.2 Å². The van der Waals surface area contributed by atoms with Crippen molar-refractivity contribution in [3.8, 4) is 0 Å². The molecule has 0 N–H and O–H groups in total. The van der Waals surface area contributed by atoms with Crippen LogP contribution in [0.5, 0.6) is 0 Å². The summed E-state index contributed by atoms with van der Waals surface area (Å²) in [5.41, 5.74) is 2.31. The predicted molar refractivity (Wildman–Crippen MR) is 75.5 cm³/mol. The quantitative estimate of drug-likeness (QED) is 0.810. The zero-order valence-corrected chi connectivity index (χ0v) is 11.8. The molecular weight excluding hydrogens is 280 g/mol. The highest BCUT2D eigenvalue weighted by molar-refractivity contribution is 8.01. The van der Waals surface area contributed by atoms with Crippen LogP contribution in [0.3, 0.4) is 0 Å². The van der Waals surface area contributed by atoms with Gasteiger partial charge < -0.3 is 4.90 Å². The van der Waals surface area contributed by atoms with Gasteiger partial charge in [0, 0.05) is 23.8 Å². The van der Waals surface area contributed by atoms with Crippen LogP contribution < -0.4 is 4.90 Å². The lowest BCUT2D eigenvalue weighted by molar-refractivity contribution is -0.116. The summed E-state index contributed by atoms with van der Waals surface area (Å²) < 4.78 is 4.42. The summed E-state index contributed by atoms with van der Waals surface area (Å²) in [5, 5.41) is 7.35. The topological polar surface area (TPSA) is 59.0 Å². The van der Waals surface area contributed by atoms with Gasteiger partial charge in [-0.2, -0.15) is 0 Å². The first-order valence-electron chi connectivity index (χ1n) is 6.01. The lowest BCUT2D eigenvalue weighted by atomic mass is 10.0. The highest BCUT2D eigenvalue weighted by Gasteiger charge is 2.22. The number of hydrogen-bond acceptors (Lipinski definition) is 6. The van der Waals surface area contributed by atoms with Crippen LogP contribution in [0.4, 0.5) is 5.69 Å². The first-order chi connectivity index (χ1) is 9.34. The smallest absolute Gasteiger partial charge is 0.237 e. The molecule has 7 heteroatoms. The summed E-state index contributed by atoms with van der Waals surface area (Å²) in [4.78, 5) is 14.2. The van der Waals surface area contributed by atoms with Crippen molar-refractivity contribution in [3.63, 3.8) is 0 Å². The van der Waals surface area contributed by atoms with Crippen molar-refractivity contribution in [1.29, 1.82) is 0 Å². The van der Waals surface area contributed by atoms with E-state index in [1.807, 2.05) is 23.1 Å². The molecule has 1 amide bonds. The van der Waals surface area contributed by atoms with Gasteiger partial charge in [0.2, 0.25) is 5.91 Å². The third-order valence-corrected chi connectivity index (χ3v) is 4.70. The molecule has 0 spiro atoms. The number of amides is 1. The summed E-state index contributed by atoms with van der Waals surface area (Å²) in [6.07, 6.45) is 2.07. The van der Waals surface area contributed by atoms with E-state index in [-0.39, 0.29) is 5.91 Å². The highest BCUT2D eigenvalue weighted by atomic mass is 32.2. The minimum absolute atomic E-state index is 0.118. The highest BCUT2D eigenvalue weighted by Crippen LogP contribution is 2.28. The molecule has 98 valence electrons. The summed E-state index contributed by atoms with van der Waals surface area (Å²) in [5.74, 6) is 0.498. The van der Waals surface area contributed by atoms with Gasteiger partial charge in [0.25, 0.3) is 0 Å². The largest absolute Gasteiger partial charge is 0.311 e. The summed E-state index contributed by atoms with van der Waals surface area (Å²) >= 11 is 2.61. The van der Waals surface area contributed by atoms with Gasteiger partial charge in [-0.05, 0) is 29.7 Å². The van der Waals surface area contributed by atoms with Gasteiger partial charge in [0.1, 0.15) is 0 Å². The van der Waals surface area contributed by atoms with Crippen LogP contribution in [0, 0.1) is 0 Å². The molecule has 1 aromatic heterocycles. The minimum atomic E-state index is 0.118. The van der Waals surface area contributed by atoms with Crippen LogP contribution in [-0.4, -0.2) is 33.0 Å². The van der Waals surface area contributed by atoms with Gasteiger partial charge in [-0.1, -0.05) is 34.4 Å². The van der Waals surface area contributed by atoms with Crippen molar-refractivity contribution in [2.24, 2.45) is 0 Å². The predicted octanol–water partition coefficient (Wildman–Crippen LogP) is 2.00. The number of carbonyl (C=O) groups is 1. The Labute approximate surface area is 119 Å². The number of rotatable bonds is 3. The molecule has 2 heterocycles. The summed E-state index contributed by atoms with van der Waals surface area (Å²) in [6, 6.07) is 8.11. The number of aromatic nitrogens is 3. The van der Waals surface area contributed by atoms with Crippen molar-refractivity contribution in [2.75, 3.05) is 17.2 Å². The molecule has 0 atom stereocenters. The Hall–Kier alpha value is -1.47. The third-order valence-electron chi connectivity index (χ3n) is 3.01. The summed E-state index contributed by atoms with van der Waals surface area (Å²) in [7, 11) is 0. The molecule has 1 aromatic carbocycles. The molecule has 0 saturated carbocycles. The molecule has 1 aliphatic rings. The number of aryl methyl sites for hydroxylation is 1. The first-order valence-corrected chi connectivity index (χ1v) is 7.76. The maximum atomic E-state index is 12.3. The van der Waals surface area contributed by atoms with E-state index < -0.39 is 0 Å². The van der Waals surface area contributed by atoms with Gasteiger partial charge >= 0.3 is 0 Å². The zero-order chi connectivity index (χ0) is 13.1. The van der Waals surface area contributed by atoms with Crippen molar-refractivity contribution < 1.29 is 4.79 Å². The Balaban J connectivity index is 1.71. The second-order valence-electron chi connectivity index (χ2n) is 4.19. The Kier molecular flexibility index (Phi) is 3.74. The van der Waals surface area contributed by atoms with Gasteiger partial charge in [0.05, 0.1) is 5.75 Å². The zero-order valence-electron chi connectivity index (χ0n) is 10.2. The lowest BCUT2D eigenvalue weighted by Gasteiger charge is -2.29. The molecule has 0 unspecified atom stereocenters. The number of para-hydroxylation sites is 1. The molecule has 0 aliphatic carbocycles. The molecule has 0 fully saturated rings. The molecule has 1 aliphatic heterocycles. The van der Waals surface area contributed by atoms with Crippen molar-refractivity contribution in [3.05, 3.63) is 29.8 Å². The first kappa shape index (κ1) is 12.6. The van der Waals surface area contributed by atoms with Crippen molar-refractivity contribution in [2.45, 2.75) is 17.2 Å².